The average molecular weight is 382 g/mol. The Bertz CT molecular complexity index is 733. The summed E-state index contributed by atoms with van der Waals surface area (Å²) in [6, 6.07) is 9.76. The van der Waals surface area contributed by atoms with Crippen molar-refractivity contribution in [2.24, 2.45) is 5.92 Å². The van der Waals surface area contributed by atoms with E-state index in [0.717, 1.165) is 36.8 Å². The molecule has 0 bridgehead atoms. The van der Waals surface area contributed by atoms with E-state index >= 15 is 0 Å². The van der Waals surface area contributed by atoms with E-state index in [1.54, 1.807) is 6.08 Å². The molecule has 3 atom stereocenters. The van der Waals surface area contributed by atoms with Crippen LogP contribution in [0.2, 0.25) is 0 Å². The minimum Gasteiger partial charge on any atom is -0.468 e. The van der Waals surface area contributed by atoms with Gasteiger partial charge in [-0.3, -0.25) is 9.69 Å². The maximum Gasteiger partial charge on any atom is 0.326 e. The van der Waals surface area contributed by atoms with Crippen molar-refractivity contribution in [3.05, 3.63) is 72.9 Å². The number of carbonyl (C=O) groups is 1. The SMILES string of the molecule is C=C/C=C/[C@@H]1C(=C)CN(C2(C(=O)OC)CCCC2)[C@H]1[C@@H](O)Cc1ccccc1. The molecule has 1 heterocycles. The zero-order chi connectivity index (χ0) is 20.1. The quantitative estimate of drug-likeness (QED) is 0.445. The van der Waals surface area contributed by atoms with Gasteiger partial charge in [0, 0.05) is 18.5 Å². The molecule has 4 heteroatoms. The summed E-state index contributed by atoms with van der Waals surface area (Å²) in [4.78, 5) is 15.0. The summed E-state index contributed by atoms with van der Waals surface area (Å²) in [7, 11) is 1.46. The maximum atomic E-state index is 12.9. The molecule has 1 saturated carbocycles. The smallest absolute Gasteiger partial charge is 0.326 e. The Morgan fingerprint density at radius 2 is 2.04 bits per heavy atom. The Labute approximate surface area is 168 Å². The molecule has 150 valence electrons. The number of hydrogen-bond donors (Lipinski definition) is 1. The highest BCUT2D eigenvalue weighted by Crippen LogP contribution is 2.45. The van der Waals surface area contributed by atoms with Crippen molar-refractivity contribution in [2.45, 2.75) is 49.8 Å². The van der Waals surface area contributed by atoms with Gasteiger partial charge >= 0.3 is 5.97 Å². The predicted molar refractivity (Wildman–Crippen MR) is 112 cm³/mol. The van der Waals surface area contributed by atoms with Crippen LogP contribution in [-0.4, -0.2) is 47.3 Å². The summed E-state index contributed by atoms with van der Waals surface area (Å²) in [6.07, 6.45) is 9.11. The summed E-state index contributed by atoms with van der Waals surface area (Å²) < 4.78 is 5.22. The van der Waals surface area contributed by atoms with Crippen LogP contribution in [0.25, 0.3) is 0 Å². The molecule has 0 aromatic heterocycles. The predicted octanol–water partition coefficient (Wildman–Crippen LogP) is 3.67. The molecular formula is C24H31NO3. The van der Waals surface area contributed by atoms with Gasteiger partial charge in [-0.1, -0.05) is 80.1 Å². The monoisotopic (exact) mass is 381 g/mol. The Kier molecular flexibility index (Phi) is 6.53. The first-order chi connectivity index (χ1) is 13.5. The summed E-state index contributed by atoms with van der Waals surface area (Å²) in [5.41, 5.74) is 1.43. The highest BCUT2D eigenvalue weighted by molar-refractivity contribution is 5.81. The topological polar surface area (TPSA) is 49.8 Å². The van der Waals surface area contributed by atoms with Crippen LogP contribution in [0.3, 0.4) is 0 Å². The molecule has 3 rings (SSSR count). The lowest BCUT2D eigenvalue weighted by molar-refractivity contribution is -0.157. The molecule has 2 aliphatic rings. The third kappa shape index (κ3) is 3.85. The maximum absolute atomic E-state index is 12.9. The first-order valence-electron chi connectivity index (χ1n) is 10.1. The number of nitrogens with zero attached hydrogens (tertiary/aromatic N) is 1. The second kappa shape index (κ2) is 8.89. The number of carbonyl (C=O) groups excluding carboxylic acids is 1. The first kappa shape index (κ1) is 20.6. The molecule has 28 heavy (non-hydrogen) atoms. The van der Waals surface area contributed by atoms with Gasteiger partial charge in [-0.05, 0) is 24.8 Å². The fourth-order valence-electron chi connectivity index (χ4n) is 4.93. The van der Waals surface area contributed by atoms with E-state index in [-0.39, 0.29) is 17.9 Å². The molecule has 0 radical (unpaired) electrons. The molecule has 0 spiro atoms. The van der Waals surface area contributed by atoms with E-state index < -0.39 is 11.6 Å². The number of hydrogen-bond acceptors (Lipinski definition) is 4. The number of aliphatic hydroxyl groups is 1. The standard InChI is InChI=1S/C24H31NO3/c1-4-5-13-20-18(2)17-25(24(23(27)28-3)14-9-10-15-24)22(20)21(26)16-19-11-7-6-8-12-19/h4-8,11-13,20-22,26H,1-2,9-10,14-17H2,3H3/b13-5+/t20-,21+,22-/m1/s1. The summed E-state index contributed by atoms with van der Waals surface area (Å²) in [5.74, 6) is -0.220. The van der Waals surface area contributed by atoms with E-state index in [4.69, 9.17) is 4.74 Å². The van der Waals surface area contributed by atoms with Gasteiger partial charge in [0.05, 0.1) is 13.2 Å². The molecule has 1 aliphatic heterocycles. The van der Waals surface area contributed by atoms with Crippen LogP contribution < -0.4 is 0 Å². The summed E-state index contributed by atoms with van der Waals surface area (Å²) in [5, 5.41) is 11.3. The number of aliphatic hydroxyl groups excluding tert-OH is 1. The lowest BCUT2D eigenvalue weighted by Crippen LogP contribution is -2.59. The van der Waals surface area contributed by atoms with Crippen molar-refractivity contribution in [2.75, 3.05) is 13.7 Å². The average Bonchev–Trinajstić information content (AvgIpc) is 3.32. The van der Waals surface area contributed by atoms with Gasteiger partial charge in [0.15, 0.2) is 0 Å². The van der Waals surface area contributed by atoms with Crippen LogP contribution in [0.15, 0.2) is 67.3 Å². The van der Waals surface area contributed by atoms with E-state index in [1.165, 1.54) is 7.11 Å². The van der Waals surface area contributed by atoms with E-state index in [1.807, 2.05) is 42.5 Å². The Morgan fingerprint density at radius 1 is 1.36 bits per heavy atom. The molecule has 1 aliphatic carbocycles. The molecule has 2 fully saturated rings. The zero-order valence-electron chi connectivity index (χ0n) is 16.7. The Hall–Kier alpha value is -2.17. The van der Waals surface area contributed by atoms with Gasteiger partial charge in [-0.25, -0.2) is 0 Å². The third-order valence-electron chi connectivity index (χ3n) is 6.25. The van der Waals surface area contributed by atoms with Crippen molar-refractivity contribution in [3.63, 3.8) is 0 Å². The van der Waals surface area contributed by atoms with Crippen LogP contribution in [0.5, 0.6) is 0 Å². The molecule has 1 saturated heterocycles. The van der Waals surface area contributed by atoms with Crippen molar-refractivity contribution in [3.8, 4) is 0 Å². The number of allylic oxidation sites excluding steroid dienone is 2. The minimum atomic E-state index is -0.670. The molecule has 1 N–H and O–H groups in total. The van der Waals surface area contributed by atoms with Gasteiger partial charge < -0.3 is 9.84 Å². The highest BCUT2D eigenvalue weighted by Gasteiger charge is 2.55. The van der Waals surface area contributed by atoms with Crippen molar-refractivity contribution in [1.29, 1.82) is 0 Å². The first-order valence-corrected chi connectivity index (χ1v) is 10.1. The van der Waals surface area contributed by atoms with Gasteiger partial charge in [-0.2, -0.15) is 0 Å². The second-order valence-electron chi connectivity index (χ2n) is 7.91. The lowest BCUT2D eigenvalue weighted by Gasteiger charge is -2.42. The zero-order valence-corrected chi connectivity index (χ0v) is 16.7. The molecule has 4 nitrogen and oxygen atoms in total. The normalized spacial score (nSPS) is 25.9. The van der Waals surface area contributed by atoms with Crippen LogP contribution in [0.1, 0.15) is 31.2 Å². The Balaban J connectivity index is 1.97. The largest absolute Gasteiger partial charge is 0.468 e. The van der Waals surface area contributed by atoms with E-state index in [2.05, 4.69) is 18.1 Å². The van der Waals surface area contributed by atoms with E-state index in [9.17, 15) is 9.90 Å². The summed E-state index contributed by atoms with van der Waals surface area (Å²) >= 11 is 0. The van der Waals surface area contributed by atoms with Gasteiger partial charge in [0.1, 0.15) is 5.54 Å². The number of esters is 1. The lowest BCUT2D eigenvalue weighted by atomic mass is 9.86. The van der Waals surface area contributed by atoms with Crippen molar-refractivity contribution in [1.82, 2.24) is 4.90 Å². The fourth-order valence-corrected chi connectivity index (χ4v) is 4.93. The van der Waals surface area contributed by atoms with Gasteiger partial charge in [-0.15, -0.1) is 0 Å². The van der Waals surface area contributed by atoms with Crippen LogP contribution in [-0.2, 0) is 16.0 Å². The van der Waals surface area contributed by atoms with Crippen LogP contribution in [0.4, 0.5) is 0 Å². The molecule has 0 amide bonds. The number of rotatable bonds is 7. The number of ether oxygens (including phenoxy) is 1. The minimum absolute atomic E-state index is 0.0288. The Morgan fingerprint density at radius 3 is 2.64 bits per heavy atom. The van der Waals surface area contributed by atoms with Crippen LogP contribution >= 0.6 is 0 Å². The molecule has 1 aromatic rings. The number of benzene rings is 1. The van der Waals surface area contributed by atoms with Gasteiger partial charge in [0.2, 0.25) is 0 Å². The number of methoxy groups -OCH3 is 1. The third-order valence-corrected chi connectivity index (χ3v) is 6.25. The van der Waals surface area contributed by atoms with E-state index in [0.29, 0.717) is 13.0 Å². The van der Waals surface area contributed by atoms with Crippen LogP contribution in [0, 0.1) is 5.92 Å². The molecule has 1 aromatic carbocycles. The van der Waals surface area contributed by atoms with Crippen molar-refractivity contribution < 1.29 is 14.6 Å². The highest BCUT2D eigenvalue weighted by atomic mass is 16.5. The molecule has 0 unspecified atom stereocenters. The van der Waals surface area contributed by atoms with Gasteiger partial charge in [0.25, 0.3) is 0 Å². The molecular weight excluding hydrogens is 350 g/mol. The number of likely N-dealkylation sites (tertiary alicyclic amines) is 1. The summed E-state index contributed by atoms with van der Waals surface area (Å²) in [6.45, 7) is 8.64. The second-order valence-corrected chi connectivity index (χ2v) is 7.91. The van der Waals surface area contributed by atoms with Crippen molar-refractivity contribution >= 4 is 5.97 Å². The fraction of sp³-hybridized carbons (Fsp3) is 0.458.